The quantitative estimate of drug-likeness (QED) is 0.0886. The monoisotopic (exact) mass is 1170 g/mol. The van der Waals surface area contributed by atoms with Gasteiger partial charge in [0.25, 0.3) is 0 Å². The Balaban J connectivity index is 0.000000139. The van der Waals surface area contributed by atoms with E-state index in [0.29, 0.717) is 11.8 Å². The minimum atomic E-state index is 0.644. The highest BCUT2D eigenvalue weighted by Gasteiger charge is 2.28. The summed E-state index contributed by atoms with van der Waals surface area (Å²) in [6, 6.07) is 69.8. The Bertz CT molecular complexity index is 5100. The van der Waals surface area contributed by atoms with E-state index in [1.807, 2.05) is 0 Å². The van der Waals surface area contributed by atoms with Crippen molar-refractivity contribution in [3.05, 3.63) is 194 Å². The fourth-order valence-electron chi connectivity index (χ4n) is 14.7. The van der Waals surface area contributed by atoms with Gasteiger partial charge < -0.3 is 28.1 Å². The molecule has 16 aromatic rings. The number of hydrogen-bond donors (Lipinski definition) is 0. The van der Waals surface area contributed by atoms with Crippen LogP contribution < -0.4 is 19.3 Å². The number of benzene rings is 14. The maximum absolute atomic E-state index is 6.68. The molecule has 2 aromatic heterocycles. The zero-order chi connectivity index (χ0) is 60.1. The number of aromatic nitrogens is 2. The number of rotatable bonds is 16. The first-order valence-electron chi connectivity index (χ1n) is 32.6. The van der Waals surface area contributed by atoms with E-state index >= 15 is 0 Å². The molecule has 0 N–H and O–H groups in total. The van der Waals surface area contributed by atoms with Crippen LogP contribution in [0.15, 0.2) is 203 Å². The van der Waals surface area contributed by atoms with Gasteiger partial charge in [0.15, 0.2) is 11.2 Å². The number of hydrogen-bond acceptors (Lipinski definition) is 8. The molecule has 0 radical (unpaired) electrons. The summed E-state index contributed by atoms with van der Waals surface area (Å²) < 4.78 is 26.6. The molecule has 0 atom stereocenters. The van der Waals surface area contributed by atoms with Gasteiger partial charge in [-0.15, -0.1) is 0 Å². The fourth-order valence-corrected chi connectivity index (χ4v) is 14.7. The van der Waals surface area contributed by atoms with Gasteiger partial charge in [0.2, 0.25) is 11.8 Å². The molecule has 2 aliphatic rings. The van der Waals surface area contributed by atoms with Gasteiger partial charge in [-0.05, 0) is 157 Å². The number of fused-ring (bicyclic) bond motifs is 8. The van der Waals surface area contributed by atoms with E-state index in [1.54, 1.807) is 0 Å². The van der Waals surface area contributed by atoms with Crippen LogP contribution in [0.1, 0.15) is 79.1 Å². The van der Waals surface area contributed by atoms with Crippen molar-refractivity contribution in [2.75, 3.05) is 36.0 Å². The van der Waals surface area contributed by atoms with Crippen LogP contribution in [0.4, 0.5) is 11.4 Å². The van der Waals surface area contributed by atoms with Crippen molar-refractivity contribution in [2.45, 2.75) is 79.1 Å². The van der Waals surface area contributed by atoms with E-state index < -0.39 is 0 Å². The summed E-state index contributed by atoms with van der Waals surface area (Å²) in [7, 11) is 0. The Morgan fingerprint density at radius 2 is 0.744 bits per heavy atom. The van der Waals surface area contributed by atoms with Crippen LogP contribution in [0.2, 0.25) is 0 Å². The summed E-state index contributed by atoms with van der Waals surface area (Å²) in [6.45, 7) is 13.3. The minimum absolute atomic E-state index is 0.644. The first-order chi connectivity index (χ1) is 44.4. The summed E-state index contributed by atoms with van der Waals surface area (Å²) in [6.07, 6.45) is 9.47. The van der Waals surface area contributed by atoms with Crippen LogP contribution in [0.3, 0.4) is 0 Å². The molecule has 440 valence electrons. The lowest BCUT2D eigenvalue weighted by Gasteiger charge is -2.27. The van der Waals surface area contributed by atoms with Crippen LogP contribution in [0.25, 0.3) is 154 Å². The van der Waals surface area contributed by atoms with E-state index in [1.165, 1.54) is 117 Å². The first kappa shape index (κ1) is 54.0. The molecular weight excluding hydrogens is 1100 g/mol. The zero-order valence-electron chi connectivity index (χ0n) is 51.4. The summed E-state index contributed by atoms with van der Waals surface area (Å²) >= 11 is 0. The van der Waals surface area contributed by atoms with Crippen molar-refractivity contribution in [1.29, 1.82) is 0 Å². The van der Waals surface area contributed by atoms with Crippen molar-refractivity contribution < 1.29 is 18.3 Å². The summed E-state index contributed by atoms with van der Waals surface area (Å²) in [4.78, 5) is 15.3. The third-order valence-electron chi connectivity index (χ3n) is 19.3. The predicted molar refractivity (Wildman–Crippen MR) is 376 cm³/mol. The summed E-state index contributed by atoms with van der Waals surface area (Å²) in [5, 5.41) is 19.2. The average molecular weight is 1170 g/mol. The fraction of sp³-hybridized carbons (Fsp3) is 0.195. The highest BCUT2D eigenvalue weighted by Crippen LogP contribution is 2.53. The highest BCUT2D eigenvalue weighted by molar-refractivity contribution is 6.27. The molecule has 0 fully saturated rings. The Morgan fingerprint density at radius 3 is 1.26 bits per heavy atom. The lowest BCUT2D eigenvalue weighted by Crippen LogP contribution is -2.25. The molecule has 0 saturated carbocycles. The molecule has 4 heterocycles. The molecule has 0 unspecified atom stereocenters. The van der Waals surface area contributed by atoms with Crippen LogP contribution in [0.5, 0.6) is 23.0 Å². The molecule has 8 nitrogen and oxygen atoms in total. The third kappa shape index (κ3) is 8.69. The number of anilines is 2. The van der Waals surface area contributed by atoms with E-state index in [4.69, 9.17) is 28.3 Å². The standard InChI is InChI=1S/2C41H34N2O2/c1-3-5-21-43(22-6-4-2)28-17-20-29-33-24-34-40(32-11-8-12-35(39(32)33)44-36(29)23-28)45-41(42-34)31-19-16-27-14-13-25-9-7-10-26-15-18-30(31)38(27)37(25)26;1-3-5-21-43(22-6-4-2)28-17-20-29-33-24-36-40(32-11-8-12-34(39(32)33)44-35(29)23-28)42-41(45-36)31-19-16-27-14-13-25-9-7-10-26-15-18-30(31)38(27)37(25)26/h2*7-20,23-24H,3-6,21-22H2,1-2H3. The Hall–Kier alpha value is -10.2. The number of nitrogens with zero attached hydrogens (tertiary/aromatic N) is 4. The lowest BCUT2D eigenvalue weighted by molar-refractivity contribution is 0.486. The van der Waals surface area contributed by atoms with Gasteiger partial charge in [-0.1, -0.05) is 175 Å². The molecule has 14 aromatic carbocycles. The zero-order valence-corrected chi connectivity index (χ0v) is 51.4. The Labute approximate surface area is 522 Å². The largest absolute Gasteiger partial charge is 0.456 e. The van der Waals surface area contributed by atoms with Gasteiger partial charge in [0, 0.05) is 99.0 Å². The maximum atomic E-state index is 6.68. The molecule has 0 spiro atoms. The van der Waals surface area contributed by atoms with Crippen LogP contribution in [0, 0.1) is 0 Å². The van der Waals surface area contributed by atoms with Gasteiger partial charge in [-0.25, -0.2) is 9.97 Å². The molecule has 0 saturated heterocycles. The molecule has 0 aliphatic carbocycles. The minimum Gasteiger partial charge on any atom is -0.456 e. The SMILES string of the molecule is CCCCN(CCCC)c1ccc2c(c1)Oc1cccc3c1c-2cc1nc(-c2ccc4ccc5cccc6ccc2c4c56)oc13.CCCCN(CCCC)c1ccc2c(c1)Oc1cccc3c1c-2cc1oc(-c2ccc4ccc5cccc6ccc2c4c56)nc13. The van der Waals surface area contributed by atoms with Crippen molar-refractivity contribution in [3.63, 3.8) is 0 Å². The highest BCUT2D eigenvalue weighted by atomic mass is 16.5. The molecule has 8 heteroatoms. The van der Waals surface area contributed by atoms with Gasteiger partial charge in [0.05, 0.1) is 0 Å². The van der Waals surface area contributed by atoms with Crippen LogP contribution in [-0.4, -0.2) is 36.1 Å². The van der Waals surface area contributed by atoms with E-state index in [9.17, 15) is 0 Å². The van der Waals surface area contributed by atoms with Crippen molar-refractivity contribution in [2.24, 2.45) is 0 Å². The molecule has 2 aliphatic heterocycles. The van der Waals surface area contributed by atoms with Gasteiger partial charge in [-0.3, -0.25) is 0 Å². The molecule has 90 heavy (non-hydrogen) atoms. The van der Waals surface area contributed by atoms with E-state index in [2.05, 4.69) is 232 Å². The Kier molecular flexibility index (Phi) is 13.1. The second-order valence-electron chi connectivity index (χ2n) is 24.8. The smallest absolute Gasteiger partial charge is 0.227 e. The number of ether oxygens (including phenoxy) is 2. The maximum Gasteiger partial charge on any atom is 0.227 e. The molecule has 0 bridgehead atoms. The number of unbranched alkanes of at least 4 members (excludes halogenated alkanes) is 4. The van der Waals surface area contributed by atoms with E-state index in [-0.39, 0.29) is 0 Å². The third-order valence-corrected chi connectivity index (χ3v) is 19.3. The summed E-state index contributed by atoms with van der Waals surface area (Å²) in [5.74, 6) is 4.82. The first-order valence-corrected chi connectivity index (χ1v) is 32.6. The topological polar surface area (TPSA) is 77.0 Å². The second-order valence-corrected chi connectivity index (χ2v) is 24.8. The van der Waals surface area contributed by atoms with Crippen molar-refractivity contribution >= 4 is 120 Å². The van der Waals surface area contributed by atoms with Gasteiger partial charge in [-0.2, -0.15) is 0 Å². The average Bonchev–Trinajstić information content (AvgIpc) is 1.41. The van der Waals surface area contributed by atoms with Crippen molar-refractivity contribution in [3.8, 4) is 68.2 Å². The predicted octanol–water partition coefficient (Wildman–Crippen LogP) is 23.4. The Morgan fingerprint density at radius 1 is 0.322 bits per heavy atom. The molecule has 18 rings (SSSR count). The van der Waals surface area contributed by atoms with Gasteiger partial charge >= 0.3 is 0 Å². The molecule has 0 amide bonds. The lowest BCUT2D eigenvalue weighted by atomic mass is 9.92. The summed E-state index contributed by atoms with van der Waals surface area (Å²) in [5.41, 5.74) is 12.3. The number of oxazole rings is 2. The van der Waals surface area contributed by atoms with Gasteiger partial charge in [0.1, 0.15) is 34.0 Å². The normalized spacial score (nSPS) is 12.5. The second kappa shape index (κ2) is 21.8. The molecular formula is C82H68N4O4. The van der Waals surface area contributed by atoms with Crippen LogP contribution >= 0.6 is 0 Å². The van der Waals surface area contributed by atoms with Crippen LogP contribution in [-0.2, 0) is 0 Å². The van der Waals surface area contributed by atoms with Crippen molar-refractivity contribution in [1.82, 2.24) is 9.97 Å². The van der Waals surface area contributed by atoms with E-state index in [0.717, 1.165) is 137 Å².